The molecule has 25 heavy (non-hydrogen) atoms. The molecule has 0 radical (unpaired) electrons. The number of hydrogen-bond acceptors (Lipinski definition) is 4. The molecule has 5 heteroatoms. The summed E-state index contributed by atoms with van der Waals surface area (Å²) in [5.41, 5.74) is 2.20. The summed E-state index contributed by atoms with van der Waals surface area (Å²) >= 11 is 0. The van der Waals surface area contributed by atoms with Crippen molar-refractivity contribution in [2.45, 2.75) is 39.3 Å². The van der Waals surface area contributed by atoms with Crippen LogP contribution in [0, 0.1) is 5.41 Å². The summed E-state index contributed by atoms with van der Waals surface area (Å²) in [5, 5.41) is 0. The SMILES string of the molecule is CCOCc1cc(CN2CCC3(CCCN(C)C3=O)C2)ccc1OC. The monoisotopic (exact) mass is 346 g/mol. The zero-order chi connectivity index (χ0) is 17.9. The van der Waals surface area contributed by atoms with Crippen molar-refractivity contribution in [3.8, 4) is 5.75 Å². The van der Waals surface area contributed by atoms with Crippen molar-refractivity contribution in [2.75, 3.05) is 40.4 Å². The van der Waals surface area contributed by atoms with Gasteiger partial charge in [-0.3, -0.25) is 9.69 Å². The molecule has 3 rings (SSSR count). The average molecular weight is 346 g/mol. The highest BCUT2D eigenvalue weighted by atomic mass is 16.5. The highest BCUT2D eigenvalue weighted by Crippen LogP contribution is 2.40. The van der Waals surface area contributed by atoms with Crippen LogP contribution in [0.3, 0.4) is 0 Å². The molecule has 2 saturated heterocycles. The number of piperidine rings is 1. The van der Waals surface area contributed by atoms with Gasteiger partial charge in [0, 0.05) is 38.9 Å². The van der Waals surface area contributed by atoms with E-state index < -0.39 is 0 Å². The minimum absolute atomic E-state index is 0.145. The van der Waals surface area contributed by atoms with Crippen molar-refractivity contribution in [2.24, 2.45) is 5.41 Å². The number of carbonyl (C=O) groups excluding carboxylic acids is 1. The smallest absolute Gasteiger partial charge is 0.229 e. The Hall–Kier alpha value is -1.59. The Morgan fingerprint density at radius 1 is 1.24 bits per heavy atom. The number of carbonyl (C=O) groups is 1. The normalized spacial score (nSPS) is 24.3. The number of nitrogens with zero attached hydrogens (tertiary/aromatic N) is 2. The van der Waals surface area contributed by atoms with Gasteiger partial charge in [0.2, 0.25) is 5.91 Å². The van der Waals surface area contributed by atoms with Crippen LogP contribution in [0.15, 0.2) is 18.2 Å². The van der Waals surface area contributed by atoms with Gasteiger partial charge in [0.1, 0.15) is 5.75 Å². The van der Waals surface area contributed by atoms with Gasteiger partial charge < -0.3 is 14.4 Å². The Kier molecular flexibility index (Phi) is 5.64. The number of hydrogen-bond donors (Lipinski definition) is 0. The molecular weight excluding hydrogens is 316 g/mol. The van der Waals surface area contributed by atoms with Crippen LogP contribution in [0.5, 0.6) is 5.75 Å². The first-order valence-corrected chi connectivity index (χ1v) is 9.29. The molecule has 0 N–H and O–H groups in total. The Balaban J connectivity index is 1.68. The van der Waals surface area contributed by atoms with Crippen molar-refractivity contribution >= 4 is 5.91 Å². The summed E-state index contributed by atoms with van der Waals surface area (Å²) < 4.78 is 11.0. The maximum absolute atomic E-state index is 12.7. The Morgan fingerprint density at radius 2 is 2.08 bits per heavy atom. The van der Waals surface area contributed by atoms with Crippen LogP contribution in [0.4, 0.5) is 0 Å². The molecule has 1 spiro atoms. The topological polar surface area (TPSA) is 42.0 Å². The number of likely N-dealkylation sites (tertiary alicyclic amines) is 2. The van der Waals surface area contributed by atoms with E-state index in [-0.39, 0.29) is 5.41 Å². The summed E-state index contributed by atoms with van der Waals surface area (Å²) in [7, 11) is 3.63. The quantitative estimate of drug-likeness (QED) is 0.794. The molecule has 2 aliphatic heterocycles. The molecule has 0 saturated carbocycles. The van der Waals surface area contributed by atoms with E-state index in [1.165, 1.54) is 5.56 Å². The van der Waals surface area contributed by atoms with E-state index in [0.717, 1.165) is 56.8 Å². The fraction of sp³-hybridized carbons (Fsp3) is 0.650. The van der Waals surface area contributed by atoms with Gasteiger partial charge in [-0.25, -0.2) is 0 Å². The van der Waals surface area contributed by atoms with Gasteiger partial charge in [0.25, 0.3) is 0 Å². The van der Waals surface area contributed by atoms with Crippen molar-refractivity contribution in [3.63, 3.8) is 0 Å². The number of rotatable bonds is 6. The van der Waals surface area contributed by atoms with Crippen LogP contribution < -0.4 is 4.74 Å². The van der Waals surface area contributed by atoms with Crippen LogP contribution in [0.25, 0.3) is 0 Å². The van der Waals surface area contributed by atoms with Crippen LogP contribution in [0.1, 0.15) is 37.3 Å². The molecule has 2 fully saturated rings. The number of methoxy groups -OCH3 is 1. The first-order valence-electron chi connectivity index (χ1n) is 9.29. The van der Waals surface area contributed by atoms with Gasteiger partial charge in [-0.1, -0.05) is 6.07 Å². The Bertz CT molecular complexity index is 619. The number of amides is 1. The summed E-state index contributed by atoms with van der Waals surface area (Å²) in [6.07, 6.45) is 3.14. The Morgan fingerprint density at radius 3 is 2.84 bits per heavy atom. The van der Waals surface area contributed by atoms with E-state index in [1.54, 1.807) is 7.11 Å². The maximum Gasteiger partial charge on any atom is 0.229 e. The summed E-state index contributed by atoms with van der Waals surface area (Å²) in [4.78, 5) is 17.0. The first kappa shape index (κ1) is 18.2. The van der Waals surface area contributed by atoms with E-state index >= 15 is 0 Å². The fourth-order valence-electron chi connectivity index (χ4n) is 4.25. The van der Waals surface area contributed by atoms with E-state index in [4.69, 9.17) is 9.47 Å². The third-order valence-corrected chi connectivity index (χ3v) is 5.59. The lowest BCUT2D eigenvalue weighted by Gasteiger charge is -2.37. The number of benzene rings is 1. The maximum atomic E-state index is 12.7. The zero-order valence-corrected chi connectivity index (χ0v) is 15.7. The lowest BCUT2D eigenvalue weighted by atomic mass is 9.78. The lowest BCUT2D eigenvalue weighted by molar-refractivity contribution is -0.143. The largest absolute Gasteiger partial charge is 0.496 e. The molecule has 1 aromatic carbocycles. The predicted octanol–water partition coefficient (Wildman–Crippen LogP) is 2.68. The summed E-state index contributed by atoms with van der Waals surface area (Å²) in [5.74, 6) is 1.21. The molecule has 0 aliphatic carbocycles. The molecule has 1 atom stereocenters. The number of ether oxygens (including phenoxy) is 2. The standard InChI is InChI=1S/C20H30N2O3/c1-4-25-14-17-12-16(6-7-18(17)24-3)13-22-11-9-20(15-22)8-5-10-21(2)19(20)23/h6-7,12H,4-5,8-11,13-15H2,1-3H3. The van der Waals surface area contributed by atoms with Gasteiger partial charge >= 0.3 is 0 Å². The predicted molar refractivity (Wildman–Crippen MR) is 97.5 cm³/mol. The van der Waals surface area contributed by atoms with Crippen molar-refractivity contribution in [3.05, 3.63) is 29.3 Å². The third kappa shape index (κ3) is 3.82. The minimum atomic E-state index is -0.145. The first-order chi connectivity index (χ1) is 12.1. The molecular formula is C20H30N2O3. The molecule has 1 aromatic rings. The van der Waals surface area contributed by atoms with Crippen LogP contribution >= 0.6 is 0 Å². The zero-order valence-electron chi connectivity index (χ0n) is 15.7. The fourth-order valence-corrected chi connectivity index (χ4v) is 4.25. The second kappa shape index (κ2) is 7.75. The van der Waals surface area contributed by atoms with Gasteiger partial charge in [-0.15, -0.1) is 0 Å². The third-order valence-electron chi connectivity index (χ3n) is 5.59. The van der Waals surface area contributed by atoms with Gasteiger partial charge in [-0.05, 0) is 50.4 Å². The Labute approximate surface area is 150 Å². The van der Waals surface area contributed by atoms with Gasteiger partial charge in [0.05, 0.1) is 19.1 Å². The van der Waals surface area contributed by atoms with Crippen molar-refractivity contribution < 1.29 is 14.3 Å². The minimum Gasteiger partial charge on any atom is -0.496 e. The van der Waals surface area contributed by atoms with Crippen LogP contribution in [-0.2, 0) is 22.7 Å². The van der Waals surface area contributed by atoms with Crippen LogP contribution in [0.2, 0.25) is 0 Å². The van der Waals surface area contributed by atoms with Crippen molar-refractivity contribution in [1.29, 1.82) is 0 Å². The molecule has 138 valence electrons. The van der Waals surface area contributed by atoms with Crippen LogP contribution in [-0.4, -0.2) is 56.1 Å². The van der Waals surface area contributed by atoms with E-state index in [9.17, 15) is 4.79 Å². The van der Waals surface area contributed by atoms with Gasteiger partial charge in [-0.2, -0.15) is 0 Å². The van der Waals surface area contributed by atoms with Crippen molar-refractivity contribution in [1.82, 2.24) is 9.80 Å². The molecule has 5 nitrogen and oxygen atoms in total. The van der Waals surface area contributed by atoms with E-state index in [1.807, 2.05) is 24.9 Å². The van der Waals surface area contributed by atoms with Gasteiger partial charge in [0.15, 0.2) is 0 Å². The average Bonchev–Trinajstić information content (AvgIpc) is 3.01. The van der Waals surface area contributed by atoms with E-state index in [2.05, 4.69) is 17.0 Å². The summed E-state index contributed by atoms with van der Waals surface area (Å²) in [6.45, 7) is 6.91. The molecule has 2 aliphatic rings. The molecule has 0 bridgehead atoms. The lowest BCUT2D eigenvalue weighted by Crippen LogP contribution is -2.48. The molecule has 0 aromatic heterocycles. The molecule has 1 unspecified atom stereocenters. The highest BCUT2D eigenvalue weighted by Gasteiger charge is 2.47. The highest BCUT2D eigenvalue weighted by molar-refractivity contribution is 5.83. The van der Waals surface area contributed by atoms with E-state index in [0.29, 0.717) is 19.1 Å². The molecule has 1 amide bonds. The molecule has 2 heterocycles. The summed E-state index contributed by atoms with van der Waals surface area (Å²) in [6, 6.07) is 6.32. The second-order valence-electron chi connectivity index (χ2n) is 7.35. The second-order valence-corrected chi connectivity index (χ2v) is 7.35.